The molecule has 5 aliphatic rings. The fourth-order valence-corrected chi connectivity index (χ4v) is 8.35. The van der Waals surface area contributed by atoms with Crippen molar-refractivity contribution in [3.8, 4) is 0 Å². The van der Waals surface area contributed by atoms with Crippen molar-refractivity contribution in [1.82, 2.24) is 5.32 Å². The molecule has 408 valence electrons. The Morgan fingerprint density at radius 1 is 0.514 bits per heavy atom. The van der Waals surface area contributed by atoms with Crippen LogP contribution in [0.3, 0.4) is 0 Å². The van der Waals surface area contributed by atoms with Crippen LogP contribution in [0.4, 0.5) is 0 Å². The second-order valence-corrected chi connectivity index (χ2v) is 17.2. The van der Waals surface area contributed by atoms with E-state index in [1.54, 1.807) is 0 Å². The maximum absolute atomic E-state index is 12.4. The van der Waals surface area contributed by atoms with Crippen molar-refractivity contribution < 1.29 is 154 Å². The van der Waals surface area contributed by atoms with Crippen LogP contribution in [0.2, 0.25) is 0 Å². The van der Waals surface area contributed by atoms with Crippen molar-refractivity contribution in [2.24, 2.45) is 0 Å². The summed E-state index contributed by atoms with van der Waals surface area (Å²) in [6.45, 7) is -4.98. The minimum atomic E-state index is -2.32. The minimum Gasteiger partial charge on any atom is -0.394 e. The topological polar surface area (TPSA) is 523 Å². The van der Waals surface area contributed by atoms with E-state index in [0.717, 1.165) is 6.92 Å². The molecule has 5 fully saturated rings. The molecule has 0 saturated carbocycles. The lowest BCUT2D eigenvalue weighted by molar-refractivity contribution is -0.388. The number of ether oxygens (including phenoxy) is 10. The van der Waals surface area contributed by atoms with Gasteiger partial charge < -0.3 is 155 Å². The van der Waals surface area contributed by atoms with Gasteiger partial charge in [0.2, 0.25) is 5.91 Å². The molecule has 5 saturated heterocycles. The fourth-order valence-electron chi connectivity index (χ4n) is 8.35. The Morgan fingerprint density at radius 2 is 0.929 bits per heavy atom. The number of amides is 1. The van der Waals surface area contributed by atoms with Gasteiger partial charge in [0.25, 0.3) is 0 Å². The number of nitrogens with one attached hydrogen (secondary N) is 1. The molecule has 1 amide bonds. The lowest BCUT2D eigenvalue weighted by atomic mass is 9.95. The van der Waals surface area contributed by atoms with Gasteiger partial charge >= 0.3 is 0 Å². The van der Waals surface area contributed by atoms with E-state index in [9.17, 15) is 107 Å². The van der Waals surface area contributed by atoms with Crippen LogP contribution < -0.4 is 5.32 Å². The summed E-state index contributed by atoms with van der Waals surface area (Å²) in [7, 11) is 0. The largest absolute Gasteiger partial charge is 0.394 e. The number of carbonyl (C=O) groups is 2. The Morgan fingerprint density at radius 3 is 1.40 bits per heavy atom. The normalized spacial score (nSPS) is 46.7. The van der Waals surface area contributed by atoms with E-state index in [1.165, 1.54) is 0 Å². The lowest BCUT2D eigenvalue weighted by Gasteiger charge is -2.49. The standard InChI is InChI=1S/C38H65NO31/c1-9(46)39-17-23(54)31(68-35-26(57)24(55)19(50)12(4-42)62-35)15(7-45)65-34(17)61-8-16-22(53)33(69-36-27(58)25(56)20(51)13(5-43)63-36)29(60)38(66-16)70-32-21(52)14(6-44)64-37(28(32)59)67-30(11(48)3-41)18(49)10(47)2-40/h2,10-38,41-45,47-60H,3-8H2,1H3,(H,39,46)/t10-,11+,12+,13+,14+,15+,16+,17+,18+,19-,20-,21-,22-,23+,24-,25-,26+,27+,28+,29+,30+,31+,32-,33-,34+,35-,36-,37-,38-/m0/s1. The van der Waals surface area contributed by atoms with E-state index >= 15 is 0 Å². The molecule has 0 aromatic heterocycles. The molecular formula is C38H65NO31. The van der Waals surface area contributed by atoms with Gasteiger partial charge in [0.05, 0.1) is 39.6 Å². The molecule has 5 rings (SSSR count). The van der Waals surface area contributed by atoms with Gasteiger partial charge in [-0.3, -0.25) is 4.79 Å². The number of carbonyl (C=O) groups excluding carboxylic acids is 2. The van der Waals surface area contributed by atoms with Crippen molar-refractivity contribution in [1.29, 1.82) is 0 Å². The minimum absolute atomic E-state index is 0.152. The maximum Gasteiger partial charge on any atom is 0.217 e. The molecule has 5 heterocycles. The third kappa shape index (κ3) is 12.9. The number of aliphatic hydroxyl groups is 19. The predicted molar refractivity (Wildman–Crippen MR) is 212 cm³/mol. The van der Waals surface area contributed by atoms with Crippen LogP contribution in [0.15, 0.2) is 0 Å². The van der Waals surface area contributed by atoms with Gasteiger partial charge in [0.1, 0.15) is 146 Å². The third-order valence-electron chi connectivity index (χ3n) is 12.4. The summed E-state index contributed by atoms with van der Waals surface area (Å²) >= 11 is 0. The molecule has 70 heavy (non-hydrogen) atoms. The van der Waals surface area contributed by atoms with Crippen molar-refractivity contribution in [2.75, 3.05) is 39.6 Å². The molecule has 0 radical (unpaired) electrons. The second kappa shape index (κ2) is 26.0. The summed E-state index contributed by atoms with van der Waals surface area (Å²) in [5, 5.41) is 203. The Labute approximate surface area is 395 Å². The lowest BCUT2D eigenvalue weighted by Crippen LogP contribution is -2.68. The summed E-state index contributed by atoms with van der Waals surface area (Å²) in [5.74, 6) is -0.822. The summed E-state index contributed by atoms with van der Waals surface area (Å²) in [5.41, 5.74) is 0. The van der Waals surface area contributed by atoms with Crippen LogP contribution in [-0.2, 0) is 57.0 Å². The molecule has 0 unspecified atom stereocenters. The van der Waals surface area contributed by atoms with Gasteiger partial charge in [0, 0.05) is 6.92 Å². The smallest absolute Gasteiger partial charge is 0.217 e. The van der Waals surface area contributed by atoms with Crippen molar-refractivity contribution in [3.63, 3.8) is 0 Å². The monoisotopic (exact) mass is 1030 g/mol. The Kier molecular flexibility index (Phi) is 21.8. The molecule has 0 aromatic carbocycles. The first-order valence-electron chi connectivity index (χ1n) is 21.9. The Hall–Kier alpha value is -2.02. The molecule has 0 bridgehead atoms. The number of hydrogen-bond donors (Lipinski definition) is 20. The van der Waals surface area contributed by atoms with Crippen molar-refractivity contribution in [2.45, 2.75) is 185 Å². The highest BCUT2D eigenvalue weighted by Crippen LogP contribution is 2.35. The zero-order valence-electron chi connectivity index (χ0n) is 37.0. The summed E-state index contributed by atoms with van der Waals surface area (Å²) in [4.78, 5) is 23.6. The van der Waals surface area contributed by atoms with Crippen LogP contribution in [0.1, 0.15) is 6.92 Å². The molecule has 5 aliphatic heterocycles. The van der Waals surface area contributed by atoms with E-state index in [0.29, 0.717) is 0 Å². The van der Waals surface area contributed by atoms with Gasteiger partial charge in [-0.1, -0.05) is 0 Å². The zero-order chi connectivity index (χ0) is 52.0. The molecular weight excluding hydrogens is 966 g/mol. The van der Waals surface area contributed by atoms with E-state index in [-0.39, 0.29) is 6.29 Å². The molecule has 32 nitrogen and oxygen atoms in total. The zero-order valence-corrected chi connectivity index (χ0v) is 37.0. The molecule has 0 aromatic rings. The number of aliphatic hydroxyl groups excluding tert-OH is 19. The van der Waals surface area contributed by atoms with Gasteiger partial charge in [-0.2, -0.15) is 0 Å². The van der Waals surface area contributed by atoms with E-state index in [1.807, 2.05) is 0 Å². The maximum atomic E-state index is 12.4. The predicted octanol–water partition coefficient (Wildman–Crippen LogP) is -14.1. The van der Waals surface area contributed by atoms with Gasteiger partial charge in [-0.15, -0.1) is 0 Å². The summed E-state index contributed by atoms with van der Waals surface area (Å²) in [6.07, 6.45) is -56.1. The van der Waals surface area contributed by atoms with Crippen molar-refractivity contribution >= 4 is 12.2 Å². The van der Waals surface area contributed by atoms with E-state index in [2.05, 4.69) is 5.32 Å². The third-order valence-corrected chi connectivity index (χ3v) is 12.4. The van der Waals surface area contributed by atoms with Crippen LogP contribution >= 0.6 is 0 Å². The molecule has 32 heteroatoms. The second-order valence-electron chi connectivity index (χ2n) is 17.2. The van der Waals surface area contributed by atoms with Gasteiger partial charge in [0.15, 0.2) is 37.7 Å². The summed E-state index contributed by atoms with van der Waals surface area (Å²) < 4.78 is 56.2. The van der Waals surface area contributed by atoms with Crippen LogP contribution in [0, 0.1) is 0 Å². The number of aldehydes is 1. The number of hydrogen-bond acceptors (Lipinski definition) is 31. The van der Waals surface area contributed by atoms with Gasteiger partial charge in [-0.25, -0.2) is 0 Å². The van der Waals surface area contributed by atoms with E-state index in [4.69, 9.17) is 47.4 Å². The quantitative estimate of drug-likeness (QED) is 0.0475. The average molecular weight is 1030 g/mol. The van der Waals surface area contributed by atoms with E-state index < -0.39 is 223 Å². The average Bonchev–Trinajstić information content (AvgIpc) is 3.34. The molecule has 0 aliphatic carbocycles. The Bertz CT molecular complexity index is 1610. The first-order valence-corrected chi connectivity index (χ1v) is 21.9. The Balaban J connectivity index is 1.43. The molecule has 0 spiro atoms. The van der Waals surface area contributed by atoms with Crippen LogP contribution in [0.5, 0.6) is 0 Å². The summed E-state index contributed by atoms with van der Waals surface area (Å²) in [6, 6.07) is -1.69. The van der Waals surface area contributed by atoms with Crippen molar-refractivity contribution in [3.05, 3.63) is 0 Å². The van der Waals surface area contributed by atoms with Crippen LogP contribution in [-0.4, -0.2) is 327 Å². The molecule has 29 atom stereocenters. The van der Waals surface area contributed by atoms with Gasteiger partial charge in [-0.05, 0) is 0 Å². The van der Waals surface area contributed by atoms with Crippen LogP contribution in [0.25, 0.3) is 0 Å². The highest BCUT2D eigenvalue weighted by molar-refractivity contribution is 5.73. The SMILES string of the molecule is CC(=O)N[C@H]1[C@H](OC[C@H]2O[C@@H](O[C@H]3[C@@H](O)[C@@H](CO)O[C@@H](O[C@@H]([C@H](O)[C@@H](O)C=O)[C@H](O)CO)[C@@H]3O)[C@H](O)[C@@H](O[C@@H]3O[C@H](CO)[C@H](O)[C@H](O)[C@H]3O)[C@H]2O)O[C@H](CO)[C@@H](O[C@@H]2O[C@H](CO)[C@H](O)[C@H](O)[C@H]2O)[C@@H]1O. The molecule has 20 N–H and O–H groups in total. The first kappa shape index (κ1) is 58.9. The highest BCUT2D eigenvalue weighted by atomic mass is 16.8. The number of rotatable bonds is 21. The first-order chi connectivity index (χ1) is 33.1. The highest BCUT2D eigenvalue weighted by Gasteiger charge is 2.56. The fraction of sp³-hybridized carbons (Fsp3) is 0.947.